The maximum absolute atomic E-state index is 11.5. The molecule has 1 rings (SSSR count). The summed E-state index contributed by atoms with van der Waals surface area (Å²) >= 11 is 6.79. The molecule has 0 saturated heterocycles. The van der Waals surface area contributed by atoms with Crippen LogP contribution in [0.2, 0.25) is 0 Å². The van der Waals surface area contributed by atoms with Crippen molar-refractivity contribution in [3.8, 4) is 0 Å². The Bertz CT molecular complexity index is 403. The van der Waals surface area contributed by atoms with E-state index in [4.69, 9.17) is 11.6 Å². The van der Waals surface area contributed by atoms with E-state index in [1.165, 1.54) is 11.3 Å². The van der Waals surface area contributed by atoms with Crippen molar-refractivity contribution in [1.29, 1.82) is 0 Å². The number of nitrogens with one attached hydrogen (secondary N) is 1. The summed E-state index contributed by atoms with van der Waals surface area (Å²) in [5.74, 6) is 0.588. The Kier molecular flexibility index (Phi) is 4.82. The first kappa shape index (κ1) is 12.7. The molecule has 0 unspecified atom stereocenters. The number of hydrogen-bond donors (Lipinski definition) is 1. The Labute approximate surface area is 98.7 Å². The summed E-state index contributed by atoms with van der Waals surface area (Å²) < 4.78 is 25.4. The second-order valence-electron chi connectivity index (χ2n) is 3.09. The number of rotatable bonds is 6. The van der Waals surface area contributed by atoms with Gasteiger partial charge in [-0.2, -0.15) is 0 Å². The SMILES string of the molecule is Cc1cnc(NS(=O)(=O)CCCCCl)s1. The topological polar surface area (TPSA) is 59.1 Å². The van der Waals surface area contributed by atoms with Crippen molar-refractivity contribution in [2.75, 3.05) is 16.4 Å². The number of anilines is 1. The average Bonchev–Trinajstić information content (AvgIpc) is 2.50. The van der Waals surface area contributed by atoms with Crippen LogP contribution in [-0.2, 0) is 10.0 Å². The van der Waals surface area contributed by atoms with E-state index < -0.39 is 10.0 Å². The second-order valence-corrected chi connectivity index (χ2v) is 6.55. The molecular weight excluding hydrogens is 256 g/mol. The molecule has 15 heavy (non-hydrogen) atoms. The van der Waals surface area contributed by atoms with Crippen LogP contribution in [0.3, 0.4) is 0 Å². The summed E-state index contributed by atoms with van der Waals surface area (Å²) in [7, 11) is -3.25. The van der Waals surface area contributed by atoms with Crippen molar-refractivity contribution in [2.24, 2.45) is 0 Å². The molecule has 1 heterocycles. The number of unbranched alkanes of at least 4 members (excludes halogenated alkanes) is 1. The fraction of sp³-hybridized carbons (Fsp3) is 0.625. The molecule has 0 aromatic carbocycles. The Morgan fingerprint density at radius 3 is 2.80 bits per heavy atom. The molecule has 0 aliphatic carbocycles. The van der Waals surface area contributed by atoms with E-state index in [-0.39, 0.29) is 5.75 Å². The van der Waals surface area contributed by atoms with Crippen molar-refractivity contribution in [2.45, 2.75) is 19.8 Å². The minimum atomic E-state index is -3.25. The van der Waals surface area contributed by atoms with Crippen molar-refractivity contribution >= 4 is 38.1 Å². The first-order valence-corrected chi connectivity index (χ1v) is 7.53. The van der Waals surface area contributed by atoms with Crippen LogP contribution in [0, 0.1) is 6.92 Å². The lowest BCUT2D eigenvalue weighted by Gasteiger charge is -2.03. The number of hydrogen-bond acceptors (Lipinski definition) is 4. The van der Waals surface area contributed by atoms with Crippen LogP contribution in [0.1, 0.15) is 17.7 Å². The highest BCUT2D eigenvalue weighted by Gasteiger charge is 2.11. The lowest BCUT2D eigenvalue weighted by atomic mass is 10.4. The summed E-state index contributed by atoms with van der Waals surface area (Å²) in [4.78, 5) is 4.91. The van der Waals surface area contributed by atoms with Crippen LogP contribution in [0.4, 0.5) is 5.13 Å². The van der Waals surface area contributed by atoms with Crippen LogP contribution >= 0.6 is 22.9 Å². The third-order valence-electron chi connectivity index (χ3n) is 1.66. The molecule has 0 radical (unpaired) electrons. The maximum Gasteiger partial charge on any atom is 0.234 e. The number of aromatic nitrogens is 1. The molecule has 0 fully saturated rings. The lowest BCUT2D eigenvalue weighted by molar-refractivity contribution is 0.598. The van der Waals surface area contributed by atoms with Crippen LogP contribution in [0.5, 0.6) is 0 Å². The predicted octanol–water partition coefficient (Wildman–Crippen LogP) is 2.21. The first-order chi connectivity index (χ1) is 7.03. The van der Waals surface area contributed by atoms with Gasteiger partial charge in [0.2, 0.25) is 10.0 Å². The molecular formula is C8H13ClN2O2S2. The van der Waals surface area contributed by atoms with Gasteiger partial charge in [-0.05, 0) is 19.8 Å². The average molecular weight is 269 g/mol. The highest BCUT2D eigenvalue weighted by molar-refractivity contribution is 7.92. The molecule has 0 bridgehead atoms. The van der Waals surface area contributed by atoms with Crippen LogP contribution in [-0.4, -0.2) is 25.0 Å². The van der Waals surface area contributed by atoms with E-state index >= 15 is 0 Å². The molecule has 0 aliphatic heterocycles. The molecule has 1 aromatic heterocycles. The van der Waals surface area contributed by atoms with Gasteiger partial charge in [0, 0.05) is 17.0 Å². The summed E-state index contributed by atoms with van der Waals surface area (Å²) in [5.41, 5.74) is 0. The van der Waals surface area contributed by atoms with Crippen molar-refractivity contribution in [1.82, 2.24) is 4.98 Å². The zero-order valence-corrected chi connectivity index (χ0v) is 10.8. The highest BCUT2D eigenvalue weighted by Crippen LogP contribution is 2.18. The van der Waals surface area contributed by atoms with Crippen molar-refractivity contribution in [3.63, 3.8) is 0 Å². The molecule has 4 nitrogen and oxygen atoms in total. The van der Waals surface area contributed by atoms with Gasteiger partial charge in [0.15, 0.2) is 5.13 Å². The molecule has 1 N–H and O–H groups in total. The van der Waals surface area contributed by atoms with Gasteiger partial charge >= 0.3 is 0 Å². The zero-order valence-electron chi connectivity index (χ0n) is 8.36. The Morgan fingerprint density at radius 1 is 1.53 bits per heavy atom. The number of alkyl halides is 1. The van der Waals surface area contributed by atoms with E-state index in [9.17, 15) is 8.42 Å². The molecule has 7 heteroatoms. The van der Waals surface area contributed by atoms with Gasteiger partial charge in [0.1, 0.15) is 0 Å². The normalized spacial score (nSPS) is 11.6. The third kappa shape index (κ3) is 4.81. The standard InChI is InChI=1S/C8H13ClN2O2S2/c1-7-6-10-8(14-7)11-15(12,13)5-3-2-4-9/h6H,2-5H2,1H3,(H,10,11). The van der Waals surface area contributed by atoms with Gasteiger partial charge in [0.25, 0.3) is 0 Å². The largest absolute Gasteiger partial charge is 0.259 e. The predicted molar refractivity (Wildman–Crippen MR) is 64.2 cm³/mol. The van der Waals surface area contributed by atoms with Gasteiger partial charge in [-0.3, -0.25) is 4.72 Å². The van der Waals surface area contributed by atoms with Gasteiger partial charge in [-0.1, -0.05) is 0 Å². The molecule has 0 atom stereocenters. The van der Waals surface area contributed by atoms with E-state index in [0.717, 1.165) is 4.88 Å². The van der Waals surface area contributed by atoms with Gasteiger partial charge in [-0.15, -0.1) is 22.9 Å². The Balaban J connectivity index is 2.49. The van der Waals surface area contributed by atoms with Crippen LogP contribution in [0.15, 0.2) is 6.20 Å². The molecule has 0 saturated carbocycles. The number of nitrogens with zero attached hydrogens (tertiary/aromatic N) is 1. The Hall–Kier alpha value is -0.330. The molecule has 0 aliphatic rings. The number of thiazole rings is 1. The summed E-state index contributed by atoms with van der Waals surface area (Å²) in [5, 5.41) is 0.429. The van der Waals surface area contributed by atoms with Gasteiger partial charge < -0.3 is 0 Å². The minimum absolute atomic E-state index is 0.0956. The van der Waals surface area contributed by atoms with E-state index in [1.54, 1.807) is 6.20 Å². The quantitative estimate of drug-likeness (QED) is 0.636. The van der Waals surface area contributed by atoms with Gasteiger partial charge in [-0.25, -0.2) is 13.4 Å². The van der Waals surface area contributed by atoms with Crippen molar-refractivity contribution < 1.29 is 8.42 Å². The van der Waals surface area contributed by atoms with Gasteiger partial charge in [0.05, 0.1) is 5.75 Å². The summed E-state index contributed by atoms with van der Waals surface area (Å²) in [6.07, 6.45) is 2.92. The van der Waals surface area contributed by atoms with E-state index in [2.05, 4.69) is 9.71 Å². The number of aryl methyl sites for hydroxylation is 1. The number of sulfonamides is 1. The zero-order chi connectivity index (χ0) is 11.3. The third-order valence-corrected chi connectivity index (χ3v) is 4.22. The summed E-state index contributed by atoms with van der Waals surface area (Å²) in [6, 6.07) is 0. The molecule has 0 spiro atoms. The summed E-state index contributed by atoms with van der Waals surface area (Å²) in [6.45, 7) is 1.88. The van der Waals surface area contributed by atoms with Crippen LogP contribution in [0.25, 0.3) is 0 Å². The minimum Gasteiger partial charge on any atom is -0.259 e. The molecule has 86 valence electrons. The van der Waals surface area contributed by atoms with E-state index in [1.807, 2.05) is 6.92 Å². The lowest BCUT2D eigenvalue weighted by Crippen LogP contribution is -2.16. The maximum atomic E-state index is 11.5. The fourth-order valence-corrected chi connectivity index (χ4v) is 3.23. The first-order valence-electron chi connectivity index (χ1n) is 4.52. The fourth-order valence-electron chi connectivity index (χ4n) is 0.973. The second kappa shape index (κ2) is 5.67. The molecule has 1 aromatic rings. The highest BCUT2D eigenvalue weighted by atomic mass is 35.5. The van der Waals surface area contributed by atoms with E-state index in [0.29, 0.717) is 23.9 Å². The Morgan fingerprint density at radius 2 is 2.27 bits per heavy atom. The monoisotopic (exact) mass is 268 g/mol. The van der Waals surface area contributed by atoms with Crippen LogP contribution < -0.4 is 4.72 Å². The number of halogens is 1. The smallest absolute Gasteiger partial charge is 0.234 e. The van der Waals surface area contributed by atoms with Crippen molar-refractivity contribution in [3.05, 3.63) is 11.1 Å². The molecule has 0 amide bonds.